The summed E-state index contributed by atoms with van der Waals surface area (Å²) in [6.07, 6.45) is -4.49. The van der Waals surface area contributed by atoms with Crippen LogP contribution < -0.4 is 5.69 Å². The van der Waals surface area contributed by atoms with E-state index in [1.54, 1.807) is 0 Å². The second-order valence-electron chi connectivity index (χ2n) is 6.20. The van der Waals surface area contributed by atoms with Gasteiger partial charge in [-0.25, -0.2) is 22.3 Å². The lowest BCUT2D eigenvalue weighted by atomic mass is 10.1. The van der Waals surface area contributed by atoms with Crippen molar-refractivity contribution in [1.82, 2.24) is 18.7 Å². The summed E-state index contributed by atoms with van der Waals surface area (Å²) in [6, 6.07) is 3.72. The van der Waals surface area contributed by atoms with Gasteiger partial charge in [0.25, 0.3) is 0 Å². The Morgan fingerprint density at radius 3 is 2.15 bits per heavy atom. The minimum absolute atomic E-state index is 0.00867. The lowest BCUT2D eigenvalue weighted by Gasteiger charge is -2.30. The topological polar surface area (TPSA) is 77.2 Å². The summed E-state index contributed by atoms with van der Waals surface area (Å²) in [6.45, 7) is 0.0173. The van der Waals surface area contributed by atoms with Crippen LogP contribution in [0.5, 0.6) is 0 Å². The fourth-order valence-corrected chi connectivity index (χ4v) is 4.49. The third-order valence-electron chi connectivity index (χ3n) is 4.48. The summed E-state index contributed by atoms with van der Waals surface area (Å²) < 4.78 is 79.2. The number of nitrogens with zero attached hydrogens (tertiary/aromatic N) is 4. The zero-order chi connectivity index (χ0) is 20.0. The molecule has 2 aromatic rings. The van der Waals surface area contributed by atoms with Crippen molar-refractivity contribution < 1.29 is 26.0 Å². The van der Waals surface area contributed by atoms with Gasteiger partial charge in [0, 0.05) is 20.1 Å². The summed E-state index contributed by atoms with van der Waals surface area (Å²) in [5, 5.41) is 3.39. The van der Waals surface area contributed by atoms with Gasteiger partial charge in [0.2, 0.25) is 15.8 Å². The second kappa shape index (κ2) is 6.75. The highest BCUT2D eigenvalue weighted by Crippen LogP contribution is 2.29. The molecule has 0 saturated carbocycles. The highest BCUT2D eigenvalue weighted by atomic mass is 32.2. The van der Waals surface area contributed by atoms with Gasteiger partial charge >= 0.3 is 11.9 Å². The van der Waals surface area contributed by atoms with Crippen molar-refractivity contribution in [2.75, 3.05) is 13.1 Å². The van der Waals surface area contributed by atoms with E-state index in [0.717, 1.165) is 40.3 Å². The van der Waals surface area contributed by atoms with Crippen molar-refractivity contribution in [3.8, 4) is 0 Å². The molecule has 1 aliphatic heterocycles. The highest BCUT2D eigenvalue weighted by molar-refractivity contribution is 7.89. The van der Waals surface area contributed by atoms with Gasteiger partial charge in [-0.3, -0.25) is 4.57 Å². The van der Waals surface area contributed by atoms with Crippen LogP contribution in [0.4, 0.5) is 17.6 Å². The van der Waals surface area contributed by atoms with E-state index in [-0.39, 0.29) is 30.8 Å². The van der Waals surface area contributed by atoms with Gasteiger partial charge in [-0.15, -0.1) is 5.10 Å². The molecule has 148 valence electrons. The first-order chi connectivity index (χ1) is 12.5. The van der Waals surface area contributed by atoms with E-state index in [4.69, 9.17) is 0 Å². The maximum absolute atomic E-state index is 13.0. The molecule has 0 N–H and O–H groups in total. The van der Waals surface area contributed by atoms with Gasteiger partial charge in [-0.2, -0.15) is 17.5 Å². The Kier molecular flexibility index (Phi) is 4.89. The van der Waals surface area contributed by atoms with Gasteiger partial charge in [0.05, 0.1) is 10.9 Å². The normalized spacial score (nSPS) is 17.4. The third kappa shape index (κ3) is 3.63. The highest BCUT2D eigenvalue weighted by Gasteiger charge is 2.39. The number of hydrogen-bond acceptors (Lipinski definition) is 4. The fraction of sp³-hybridized carbons (Fsp3) is 0.467. The minimum Gasteiger partial charge on any atom is -0.274 e. The molecule has 1 saturated heterocycles. The average Bonchev–Trinajstić information content (AvgIpc) is 2.91. The molecule has 0 aliphatic carbocycles. The van der Waals surface area contributed by atoms with Crippen LogP contribution in [0.1, 0.15) is 24.7 Å². The number of sulfonamides is 1. The molecular formula is C15H16F4N4O3S. The van der Waals surface area contributed by atoms with E-state index in [1.807, 2.05) is 0 Å². The predicted molar refractivity (Wildman–Crippen MR) is 85.9 cm³/mol. The molecular weight excluding hydrogens is 392 g/mol. The number of rotatable bonds is 3. The maximum Gasteiger partial charge on any atom is 0.451 e. The van der Waals surface area contributed by atoms with E-state index in [9.17, 15) is 30.8 Å². The van der Waals surface area contributed by atoms with Crippen LogP contribution in [0, 0.1) is 5.82 Å². The molecule has 1 fully saturated rings. The molecule has 1 aromatic heterocycles. The molecule has 12 heteroatoms. The number of piperidine rings is 1. The lowest BCUT2D eigenvalue weighted by Crippen LogP contribution is -2.41. The van der Waals surface area contributed by atoms with Gasteiger partial charge in [0.1, 0.15) is 5.82 Å². The summed E-state index contributed by atoms with van der Waals surface area (Å²) in [5.41, 5.74) is -0.901. The van der Waals surface area contributed by atoms with Crippen LogP contribution in [-0.4, -0.2) is 40.2 Å². The largest absolute Gasteiger partial charge is 0.451 e. The Balaban J connectivity index is 1.78. The molecule has 0 atom stereocenters. The standard InChI is InChI=1S/C15H16F4N4O3S/c1-21-13(15(17,18)19)20-23(14(21)24)11-6-8-22(9-7-11)27(25,26)12-4-2-10(16)3-5-12/h2-5,11H,6-9H2,1H3. The lowest BCUT2D eigenvalue weighted by molar-refractivity contribution is -0.147. The van der Waals surface area contributed by atoms with Crippen molar-refractivity contribution in [2.24, 2.45) is 7.05 Å². The van der Waals surface area contributed by atoms with Crippen LogP contribution in [-0.2, 0) is 23.2 Å². The molecule has 2 heterocycles. The molecule has 1 aromatic carbocycles. The zero-order valence-electron chi connectivity index (χ0n) is 14.1. The summed E-state index contributed by atoms with van der Waals surface area (Å²) in [4.78, 5) is 12.0. The van der Waals surface area contributed by atoms with Crippen LogP contribution in [0.25, 0.3) is 0 Å². The molecule has 0 radical (unpaired) electrons. The minimum atomic E-state index is -4.76. The first kappa shape index (κ1) is 19.5. The quantitative estimate of drug-likeness (QED) is 0.726. The molecule has 7 nitrogen and oxygen atoms in total. The average molecular weight is 408 g/mol. The molecule has 0 bridgehead atoms. The Bertz CT molecular complexity index is 988. The van der Waals surface area contributed by atoms with Crippen LogP contribution >= 0.6 is 0 Å². The van der Waals surface area contributed by atoms with Crippen molar-refractivity contribution >= 4 is 10.0 Å². The van der Waals surface area contributed by atoms with E-state index < -0.39 is 39.6 Å². The van der Waals surface area contributed by atoms with Gasteiger partial charge < -0.3 is 0 Å². The maximum atomic E-state index is 13.0. The smallest absolute Gasteiger partial charge is 0.274 e. The fourth-order valence-electron chi connectivity index (χ4n) is 3.02. The number of benzene rings is 1. The Morgan fingerprint density at radius 1 is 1.11 bits per heavy atom. The Morgan fingerprint density at radius 2 is 1.67 bits per heavy atom. The van der Waals surface area contributed by atoms with Crippen LogP contribution in [0.15, 0.2) is 34.0 Å². The van der Waals surface area contributed by atoms with E-state index >= 15 is 0 Å². The number of aromatic nitrogens is 3. The Hall–Kier alpha value is -2.21. The molecule has 0 spiro atoms. The van der Waals surface area contributed by atoms with Gasteiger partial charge in [-0.1, -0.05) is 0 Å². The Labute approximate surface area is 151 Å². The summed E-state index contributed by atoms with van der Waals surface area (Å²) in [7, 11) is -2.86. The first-order valence-corrected chi connectivity index (χ1v) is 9.44. The third-order valence-corrected chi connectivity index (χ3v) is 6.39. The molecule has 0 amide bonds. The van der Waals surface area contributed by atoms with Crippen LogP contribution in [0.2, 0.25) is 0 Å². The molecule has 1 aliphatic rings. The van der Waals surface area contributed by atoms with Crippen molar-refractivity contribution in [1.29, 1.82) is 0 Å². The van der Waals surface area contributed by atoms with Crippen molar-refractivity contribution in [3.63, 3.8) is 0 Å². The van der Waals surface area contributed by atoms with E-state index in [1.165, 1.54) is 0 Å². The monoisotopic (exact) mass is 408 g/mol. The van der Waals surface area contributed by atoms with Crippen LogP contribution in [0.3, 0.4) is 0 Å². The molecule has 27 heavy (non-hydrogen) atoms. The van der Waals surface area contributed by atoms with Gasteiger partial charge in [0.15, 0.2) is 0 Å². The summed E-state index contributed by atoms with van der Waals surface area (Å²) >= 11 is 0. The van der Waals surface area contributed by atoms with E-state index in [0.29, 0.717) is 4.57 Å². The molecule has 0 unspecified atom stereocenters. The second-order valence-corrected chi connectivity index (χ2v) is 8.13. The van der Waals surface area contributed by atoms with E-state index in [2.05, 4.69) is 5.10 Å². The van der Waals surface area contributed by atoms with Gasteiger partial charge in [-0.05, 0) is 37.1 Å². The number of hydrogen-bond donors (Lipinski definition) is 0. The molecule has 3 rings (SSSR count). The zero-order valence-corrected chi connectivity index (χ0v) is 15.0. The number of halogens is 4. The van der Waals surface area contributed by atoms with Crippen molar-refractivity contribution in [2.45, 2.75) is 30.0 Å². The first-order valence-electron chi connectivity index (χ1n) is 8.00. The number of alkyl halides is 3. The van der Waals surface area contributed by atoms with Crippen molar-refractivity contribution in [3.05, 3.63) is 46.4 Å². The SMILES string of the molecule is Cn1c(C(F)(F)F)nn(C2CCN(S(=O)(=O)c3ccc(F)cc3)CC2)c1=O. The predicted octanol–water partition coefficient (Wildman–Crippen LogP) is 1.77. The summed E-state index contributed by atoms with van der Waals surface area (Å²) in [5.74, 6) is -1.86.